The Labute approximate surface area is 586 Å². The van der Waals surface area contributed by atoms with Crippen molar-refractivity contribution in [3.63, 3.8) is 0 Å². The van der Waals surface area contributed by atoms with E-state index >= 15 is 0 Å². The molecule has 15 rings (SSSR count). The molecule has 0 saturated heterocycles. The number of hydrogen-bond donors (Lipinski definition) is 0. The van der Waals surface area contributed by atoms with Gasteiger partial charge in [0.05, 0.1) is 34.5 Å². The monoisotopic (exact) mass is 1410 g/mol. The molecule has 0 atom stereocenters. The number of imidazole rings is 1. The predicted octanol–water partition coefficient (Wildman–Crippen LogP) is 22.8. The number of aromatic nitrogens is 4. The van der Waals surface area contributed by atoms with Gasteiger partial charge in [0.2, 0.25) is 0 Å². The smallest absolute Gasteiger partial charge is 0.268 e. The van der Waals surface area contributed by atoms with Crippen LogP contribution in [-0.2, 0) is 42.7 Å². The number of rotatable bonds is 8. The van der Waals surface area contributed by atoms with Crippen molar-refractivity contribution < 1.29 is 48.2 Å². The first-order valence-corrected chi connectivity index (χ1v) is 31.5. The molecule has 0 fully saturated rings. The van der Waals surface area contributed by atoms with E-state index in [4.69, 9.17) is 17.9 Å². The van der Waals surface area contributed by atoms with E-state index in [-0.39, 0.29) is 53.9 Å². The summed E-state index contributed by atoms with van der Waals surface area (Å²) in [6, 6.07) is 51.1. The Morgan fingerprint density at radius 1 is 0.415 bits per heavy atom. The van der Waals surface area contributed by atoms with Crippen molar-refractivity contribution >= 4 is 32.8 Å². The zero-order valence-corrected chi connectivity index (χ0v) is 56.9. The first-order valence-electron chi connectivity index (χ1n) is 38.0. The van der Waals surface area contributed by atoms with E-state index in [9.17, 15) is 9.60 Å². The Balaban J connectivity index is 0.00000960. The zero-order valence-electron chi connectivity index (χ0n) is 67.6. The molecule has 466 valence electrons. The summed E-state index contributed by atoms with van der Waals surface area (Å²) in [4.78, 5) is 4.91. The zero-order chi connectivity index (χ0) is 75.6. The average molecular weight is 1410 g/mol. The molecule has 0 bridgehead atoms. The van der Waals surface area contributed by atoms with Gasteiger partial charge in [0.15, 0.2) is 0 Å². The fraction of sp³-hybridized carbons (Fsp3) is 0.182. The molecule has 0 amide bonds. The maximum atomic E-state index is 10.5. The Morgan fingerprint density at radius 3 is 1.55 bits per heavy atom. The largest absolute Gasteiger partial charge is 0.510 e. The van der Waals surface area contributed by atoms with Crippen LogP contribution in [0.2, 0.25) is 0 Å². The molecular weight excluding hydrogens is 1320 g/mol. The molecule has 11 aromatic carbocycles. The summed E-state index contributed by atoms with van der Waals surface area (Å²) in [5.74, 6) is 1.43. The van der Waals surface area contributed by atoms with Gasteiger partial charge in [0, 0.05) is 44.3 Å². The van der Waals surface area contributed by atoms with Crippen LogP contribution >= 0.6 is 0 Å². The second-order valence-corrected chi connectivity index (χ2v) is 28.3. The van der Waals surface area contributed by atoms with Gasteiger partial charge >= 0.3 is 0 Å². The molecule has 6 heteroatoms. The standard InChI is InChI=1S/C88H76N4O.Pt/c1-85(2,3)63-40-41-89-82(52-63)92-79-37-24-23-36-74(79)75-39-38-69(54-80(75)92)93-68-31-25-30-67(53-68)90-55-91-83-76(62-45-64(86(4,5)6)49-65(46-62)87(7,8)9)50-66(88(10,11)12)51-78(83)73-35-22-20-33-71(73)70-32-19-21-34-72(70)77-47-61(48-81(90)84(77)91)60-43-58(56-26-15-13-16-27-56)42-59(44-60)57-28-17-14-18-29-57;/h13-52H,1-12H3;/q-2;/i13D,14D,15D,16D,17D,18D,26D,27D,28D,29D,42D,43D,44D;. The maximum absolute atomic E-state index is 10.5. The second-order valence-electron chi connectivity index (χ2n) is 28.3. The van der Waals surface area contributed by atoms with Crippen molar-refractivity contribution in [2.45, 2.75) is 105 Å². The van der Waals surface area contributed by atoms with E-state index in [1.54, 1.807) is 6.07 Å². The van der Waals surface area contributed by atoms with E-state index in [2.05, 4.69) is 177 Å². The Bertz CT molecular complexity index is 5920. The van der Waals surface area contributed by atoms with Crippen LogP contribution in [-0.4, -0.2) is 14.1 Å². The van der Waals surface area contributed by atoms with E-state index in [0.717, 1.165) is 88.9 Å². The minimum absolute atomic E-state index is 0. The van der Waals surface area contributed by atoms with Crippen LogP contribution in [0.25, 0.3) is 128 Å². The molecule has 1 aliphatic rings. The van der Waals surface area contributed by atoms with Gasteiger partial charge in [-0.2, -0.15) is 18.2 Å². The molecule has 14 aromatic rings. The molecule has 0 saturated carbocycles. The summed E-state index contributed by atoms with van der Waals surface area (Å²) in [6.07, 6.45) is 5.77. The number of para-hydroxylation sites is 1. The van der Waals surface area contributed by atoms with Gasteiger partial charge in [0.1, 0.15) is 5.82 Å². The molecule has 0 aliphatic carbocycles. The first-order chi connectivity index (χ1) is 50.0. The van der Waals surface area contributed by atoms with Crippen LogP contribution in [0.1, 0.15) is 123 Å². The van der Waals surface area contributed by atoms with Crippen molar-refractivity contribution in [2.24, 2.45) is 0 Å². The molecule has 5 nitrogen and oxygen atoms in total. The van der Waals surface area contributed by atoms with Crippen molar-refractivity contribution in [2.75, 3.05) is 0 Å². The van der Waals surface area contributed by atoms with Crippen LogP contribution in [0.15, 0.2) is 242 Å². The van der Waals surface area contributed by atoms with Crippen molar-refractivity contribution in [1.29, 1.82) is 0 Å². The molecule has 1 aliphatic heterocycles. The van der Waals surface area contributed by atoms with E-state index in [1.165, 1.54) is 0 Å². The quantitative estimate of drug-likeness (QED) is 0.112. The van der Waals surface area contributed by atoms with E-state index in [1.807, 2.05) is 95.7 Å². The summed E-state index contributed by atoms with van der Waals surface area (Å²) < 4.78 is 134. The van der Waals surface area contributed by atoms with Gasteiger partial charge in [-0.3, -0.25) is 4.57 Å². The molecule has 0 radical (unpaired) electrons. The normalized spacial score (nSPS) is 14.3. The summed E-state index contributed by atoms with van der Waals surface area (Å²) in [6.45, 7) is 26.5. The molecule has 0 spiro atoms. The van der Waals surface area contributed by atoms with Gasteiger partial charge in [-0.15, -0.1) is 29.7 Å². The minimum atomic E-state index is -0.753. The molecular formula is C88H76N4OPt-2. The summed E-state index contributed by atoms with van der Waals surface area (Å²) in [7, 11) is 0. The van der Waals surface area contributed by atoms with Crippen LogP contribution in [0.4, 0.5) is 0 Å². The van der Waals surface area contributed by atoms with Gasteiger partial charge in [-0.05, 0) is 175 Å². The number of hydrogen-bond acceptors (Lipinski definition) is 2. The van der Waals surface area contributed by atoms with Crippen LogP contribution in [0, 0.1) is 18.5 Å². The second kappa shape index (κ2) is 23.4. The third-order valence-electron chi connectivity index (χ3n) is 17.8. The van der Waals surface area contributed by atoms with Crippen LogP contribution in [0.5, 0.6) is 11.5 Å². The Morgan fingerprint density at radius 2 is 0.947 bits per heavy atom. The SMILES string of the molecule is [2H]c1c([2H])c([2H])c(-c2c([2H])c(-c3cc4c5c(c3)n(-c3[c-]c(Oc6[c-]c7c(cc6)c6ccccc6n7-c6cc(C(C)(C)C)ccn6)ccc3)[c-][n+]5-c3c(-c5cc(C(C)(C)C)cc(C(C)(C)C)c5)cc(C(C)(C)C)cc3-c3ccccc3-c3ccccc3-4)c([2H])c(-c3c([2H])c([2H])c([2H])c([2H])c3[2H])c2[2H])c([2H])c1[2H].[Pt]. The summed E-state index contributed by atoms with van der Waals surface area (Å²) in [5.41, 5.74) is 11.8. The van der Waals surface area contributed by atoms with Crippen molar-refractivity contribution in [3.05, 3.63) is 283 Å². The number of ether oxygens (including phenoxy) is 1. The summed E-state index contributed by atoms with van der Waals surface area (Å²) in [5, 5.41) is 1.96. The molecule has 4 heterocycles. The van der Waals surface area contributed by atoms with Crippen molar-refractivity contribution in [1.82, 2.24) is 14.1 Å². The Hall–Kier alpha value is -9.67. The fourth-order valence-electron chi connectivity index (χ4n) is 12.7. The minimum Gasteiger partial charge on any atom is -0.510 e. The maximum Gasteiger partial charge on any atom is 0.268 e. The molecule has 0 N–H and O–H groups in total. The number of nitrogens with zero attached hydrogens (tertiary/aromatic N) is 4. The molecule has 3 aromatic heterocycles. The number of fused-ring (bicyclic) bond motifs is 10. The average Bonchev–Trinajstić information content (AvgIpc) is 1.59. The van der Waals surface area contributed by atoms with Crippen LogP contribution < -0.4 is 9.30 Å². The van der Waals surface area contributed by atoms with Gasteiger partial charge < -0.3 is 13.9 Å². The number of pyridine rings is 1. The van der Waals surface area contributed by atoms with Gasteiger partial charge in [-0.25, -0.2) is 4.98 Å². The third-order valence-corrected chi connectivity index (χ3v) is 17.8. The topological polar surface area (TPSA) is 35.9 Å². The molecule has 0 unspecified atom stereocenters. The van der Waals surface area contributed by atoms with Crippen LogP contribution in [0.3, 0.4) is 0 Å². The third kappa shape index (κ3) is 11.2. The predicted molar refractivity (Wildman–Crippen MR) is 386 cm³/mol. The molecule has 94 heavy (non-hydrogen) atoms. The Kier molecular flexibility index (Phi) is 12.0. The van der Waals surface area contributed by atoms with E-state index < -0.39 is 101 Å². The van der Waals surface area contributed by atoms with Gasteiger partial charge in [-0.1, -0.05) is 252 Å². The summed E-state index contributed by atoms with van der Waals surface area (Å²) >= 11 is 0. The number of benzene rings is 11. The van der Waals surface area contributed by atoms with Crippen molar-refractivity contribution in [3.8, 4) is 107 Å². The first kappa shape index (κ1) is 48.1. The fourth-order valence-corrected chi connectivity index (χ4v) is 12.7. The van der Waals surface area contributed by atoms with Gasteiger partial charge in [0.25, 0.3) is 6.33 Å². The van der Waals surface area contributed by atoms with E-state index in [0.29, 0.717) is 39.3 Å².